The maximum Gasteiger partial charge on any atom is 0.387 e. The monoisotopic (exact) mass is 423 g/mol. The maximum atomic E-state index is 12.7. The largest absolute Gasteiger partial charge is 0.434 e. The normalized spacial score (nSPS) is 11.0. The molecule has 0 saturated carbocycles. The molecule has 1 amide bonds. The van der Waals surface area contributed by atoms with E-state index in [1.165, 1.54) is 13.0 Å². The van der Waals surface area contributed by atoms with Gasteiger partial charge in [-0.15, -0.1) is 0 Å². The van der Waals surface area contributed by atoms with E-state index in [1.54, 1.807) is 48.7 Å². The van der Waals surface area contributed by atoms with Crippen molar-refractivity contribution in [1.82, 2.24) is 14.5 Å². The van der Waals surface area contributed by atoms with E-state index in [-0.39, 0.29) is 11.7 Å². The molecule has 0 aliphatic heterocycles. The molecule has 0 aliphatic rings. The van der Waals surface area contributed by atoms with E-state index >= 15 is 0 Å². The second-order valence-corrected chi connectivity index (χ2v) is 6.79. The Morgan fingerprint density at radius 3 is 2.58 bits per heavy atom. The smallest absolute Gasteiger partial charge is 0.387 e. The molecule has 4 rings (SSSR count). The predicted octanol–water partition coefficient (Wildman–Crippen LogP) is 4.78. The van der Waals surface area contributed by atoms with Crippen LogP contribution in [0.2, 0.25) is 0 Å². The lowest BCUT2D eigenvalue weighted by Gasteiger charge is -2.12. The van der Waals surface area contributed by atoms with E-state index in [2.05, 4.69) is 25.3 Å². The quantitative estimate of drug-likeness (QED) is 0.447. The van der Waals surface area contributed by atoms with Crippen LogP contribution in [-0.4, -0.2) is 27.1 Å². The zero-order valence-corrected chi connectivity index (χ0v) is 16.5. The number of para-hydroxylation sites is 1. The van der Waals surface area contributed by atoms with E-state index < -0.39 is 6.61 Å². The summed E-state index contributed by atoms with van der Waals surface area (Å²) in [6, 6.07) is 15.7. The third-order valence-electron chi connectivity index (χ3n) is 4.49. The van der Waals surface area contributed by atoms with Crippen LogP contribution in [0.4, 0.5) is 26.1 Å². The highest BCUT2D eigenvalue weighted by atomic mass is 19.3. The summed E-state index contributed by atoms with van der Waals surface area (Å²) in [5, 5.41) is 6.65. The van der Waals surface area contributed by atoms with Gasteiger partial charge in [0.05, 0.1) is 6.54 Å². The average molecular weight is 423 g/mol. The third kappa shape index (κ3) is 4.95. The summed E-state index contributed by atoms with van der Waals surface area (Å²) < 4.78 is 31.9. The van der Waals surface area contributed by atoms with Gasteiger partial charge in [-0.3, -0.25) is 4.79 Å². The lowest BCUT2D eigenvalue weighted by molar-refractivity contribution is -0.114. The van der Waals surface area contributed by atoms with Crippen molar-refractivity contribution in [1.29, 1.82) is 0 Å². The van der Waals surface area contributed by atoms with Crippen LogP contribution in [0.25, 0.3) is 11.0 Å². The minimum absolute atomic E-state index is 0.131. The zero-order valence-electron chi connectivity index (χ0n) is 16.5. The van der Waals surface area contributed by atoms with Gasteiger partial charge in [0.25, 0.3) is 0 Å². The lowest BCUT2D eigenvalue weighted by atomic mass is 10.2. The SMILES string of the molecule is CC(=O)Nc1ccc(Nc2ncc3ccn(Cc4ccccc4OC(F)F)c3n2)cc1. The molecule has 2 aromatic heterocycles. The number of hydrogen-bond donors (Lipinski definition) is 2. The first kappa shape index (κ1) is 20.3. The van der Waals surface area contributed by atoms with Crippen LogP contribution in [0, 0.1) is 0 Å². The van der Waals surface area contributed by atoms with Gasteiger partial charge in [-0.2, -0.15) is 13.8 Å². The van der Waals surface area contributed by atoms with Crippen molar-refractivity contribution in [3.05, 3.63) is 72.6 Å². The Hall–Kier alpha value is -4.01. The molecule has 4 aromatic rings. The number of fused-ring (bicyclic) bond motifs is 1. The van der Waals surface area contributed by atoms with Crippen molar-refractivity contribution >= 4 is 34.3 Å². The maximum absolute atomic E-state index is 12.7. The number of anilines is 3. The number of rotatable bonds is 7. The molecule has 0 unspecified atom stereocenters. The summed E-state index contributed by atoms with van der Waals surface area (Å²) in [7, 11) is 0. The molecule has 0 fully saturated rings. The Morgan fingerprint density at radius 2 is 1.84 bits per heavy atom. The number of alkyl halides is 2. The first-order valence-corrected chi connectivity index (χ1v) is 9.47. The molecular formula is C22H19F2N5O2. The van der Waals surface area contributed by atoms with Gasteiger partial charge in [-0.25, -0.2) is 4.98 Å². The lowest BCUT2D eigenvalue weighted by Crippen LogP contribution is -2.07. The number of aromatic nitrogens is 3. The van der Waals surface area contributed by atoms with Gasteiger partial charge in [0.2, 0.25) is 11.9 Å². The number of carbonyl (C=O) groups excluding carboxylic acids is 1. The van der Waals surface area contributed by atoms with Crippen LogP contribution in [0.15, 0.2) is 67.0 Å². The number of ether oxygens (including phenoxy) is 1. The number of halogens is 2. The zero-order chi connectivity index (χ0) is 21.8. The van der Waals surface area contributed by atoms with Gasteiger partial charge in [-0.05, 0) is 36.4 Å². The second-order valence-electron chi connectivity index (χ2n) is 6.79. The fourth-order valence-electron chi connectivity index (χ4n) is 3.16. The van der Waals surface area contributed by atoms with Crippen LogP contribution < -0.4 is 15.4 Å². The first-order chi connectivity index (χ1) is 15.0. The van der Waals surface area contributed by atoms with E-state index in [9.17, 15) is 13.6 Å². The summed E-state index contributed by atoms with van der Waals surface area (Å²) in [4.78, 5) is 20.0. The van der Waals surface area contributed by atoms with Crippen LogP contribution in [0.1, 0.15) is 12.5 Å². The molecule has 31 heavy (non-hydrogen) atoms. The summed E-state index contributed by atoms with van der Waals surface area (Å²) in [6.45, 7) is -1.13. The number of amides is 1. The van der Waals surface area contributed by atoms with Crippen LogP contribution in [0.5, 0.6) is 5.75 Å². The Bertz CT molecular complexity index is 1210. The summed E-state index contributed by atoms with van der Waals surface area (Å²) in [5.74, 6) is 0.374. The first-order valence-electron chi connectivity index (χ1n) is 9.47. The molecule has 0 atom stereocenters. The molecule has 0 aliphatic carbocycles. The van der Waals surface area contributed by atoms with Gasteiger partial charge < -0.3 is 19.9 Å². The van der Waals surface area contributed by atoms with E-state index in [0.717, 1.165) is 11.1 Å². The van der Waals surface area contributed by atoms with Crippen molar-refractivity contribution in [2.24, 2.45) is 0 Å². The molecule has 0 spiro atoms. The highest BCUT2D eigenvalue weighted by molar-refractivity contribution is 5.88. The standard InChI is InChI=1S/C22H19F2N5O2/c1-14(30)26-17-6-8-18(9-7-17)27-22-25-12-15-10-11-29(20(15)28-22)13-16-4-2-3-5-19(16)31-21(23)24/h2-12,21H,13H2,1H3,(H,26,30)(H,25,27,28). The summed E-state index contributed by atoms with van der Waals surface area (Å²) in [5.41, 5.74) is 2.71. The number of nitrogens with one attached hydrogen (secondary N) is 2. The minimum Gasteiger partial charge on any atom is -0.434 e. The Morgan fingerprint density at radius 1 is 1.10 bits per heavy atom. The minimum atomic E-state index is -2.89. The Kier molecular flexibility index (Phi) is 5.74. The van der Waals surface area contributed by atoms with Crippen molar-refractivity contribution < 1.29 is 18.3 Å². The topological polar surface area (TPSA) is 81.1 Å². The van der Waals surface area contributed by atoms with Gasteiger partial charge in [-0.1, -0.05) is 18.2 Å². The highest BCUT2D eigenvalue weighted by Crippen LogP contribution is 2.24. The van der Waals surface area contributed by atoms with E-state index in [0.29, 0.717) is 29.4 Å². The molecular weight excluding hydrogens is 404 g/mol. The fraction of sp³-hybridized carbons (Fsp3) is 0.136. The van der Waals surface area contributed by atoms with Crippen molar-refractivity contribution in [2.45, 2.75) is 20.1 Å². The molecule has 7 nitrogen and oxygen atoms in total. The van der Waals surface area contributed by atoms with Gasteiger partial charge in [0, 0.05) is 41.6 Å². The third-order valence-corrected chi connectivity index (χ3v) is 4.49. The predicted molar refractivity (Wildman–Crippen MR) is 114 cm³/mol. The molecule has 2 aromatic carbocycles. The van der Waals surface area contributed by atoms with Crippen molar-refractivity contribution in [3.63, 3.8) is 0 Å². The van der Waals surface area contributed by atoms with E-state index in [4.69, 9.17) is 0 Å². The molecule has 2 N–H and O–H groups in total. The number of hydrogen-bond acceptors (Lipinski definition) is 5. The molecule has 2 heterocycles. The van der Waals surface area contributed by atoms with Crippen molar-refractivity contribution in [2.75, 3.05) is 10.6 Å². The van der Waals surface area contributed by atoms with E-state index in [1.807, 2.05) is 16.8 Å². The van der Waals surface area contributed by atoms with Crippen LogP contribution in [0.3, 0.4) is 0 Å². The fourth-order valence-corrected chi connectivity index (χ4v) is 3.16. The van der Waals surface area contributed by atoms with Crippen molar-refractivity contribution in [3.8, 4) is 5.75 Å². The molecule has 158 valence electrons. The van der Waals surface area contributed by atoms with Crippen LogP contribution in [-0.2, 0) is 11.3 Å². The molecule has 9 heteroatoms. The number of carbonyl (C=O) groups is 1. The Balaban J connectivity index is 1.56. The summed E-state index contributed by atoms with van der Waals surface area (Å²) >= 11 is 0. The Labute approximate surface area is 176 Å². The highest BCUT2D eigenvalue weighted by Gasteiger charge is 2.12. The average Bonchev–Trinajstić information content (AvgIpc) is 3.12. The molecule has 0 radical (unpaired) electrons. The second kappa shape index (κ2) is 8.78. The van der Waals surface area contributed by atoms with Gasteiger partial charge in [0.1, 0.15) is 11.4 Å². The molecule has 0 saturated heterocycles. The summed E-state index contributed by atoms with van der Waals surface area (Å²) in [6.07, 6.45) is 3.51. The van der Waals surface area contributed by atoms with Gasteiger partial charge >= 0.3 is 6.61 Å². The van der Waals surface area contributed by atoms with Crippen LogP contribution >= 0.6 is 0 Å². The van der Waals surface area contributed by atoms with Gasteiger partial charge in [0.15, 0.2) is 0 Å². The number of benzene rings is 2. The number of nitrogens with zero attached hydrogens (tertiary/aromatic N) is 3. The molecule has 0 bridgehead atoms.